The third-order valence-corrected chi connectivity index (χ3v) is 1.91. The highest BCUT2D eigenvalue weighted by Crippen LogP contribution is 1.97. The Balaban J connectivity index is 2.78. The number of hydrogen-bond donors (Lipinski definition) is 3. The predicted octanol–water partition coefficient (Wildman–Crippen LogP) is 0.867. The zero-order valence-corrected chi connectivity index (χ0v) is 9.37. The number of amidine groups is 1. The predicted molar refractivity (Wildman–Crippen MR) is 66.5 cm³/mol. The summed E-state index contributed by atoms with van der Waals surface area (Å²) in [5, 5.41) is 12.0. The number of aliphatic imine (C=N–C) groups is 1. The van der Waals surface area contributed by atoms with Gasteiger partial charge in [-0.2, -0.15) is 0 Å². The minimum atomic E-state index is 0.268. The number of nitrogens with one attached hydrogen (secondary N) is 2. The summed E-state index contributed by atoms with van der Waals surface area (Å²) in [6.07, 6.45) is 4.87. The zero-order valence-electron chi connectivity index (χ0n) is 8.55. The number of aromatic nitrogens is 1. The second-order valence-corrected chi connectivity index (χ2v) is 3.17. The monoisotopic (exact) mass is 236 g/mol. The molecule has 6 heteroatoms. The molecule has 0 amide bonds. The number of hydrogen-bond acceptors (Lipinski definition) is 3. The van der Waals surface area contributed by atoms with Crippen molar-refractivity contribution >= 4 is 23.2 Å². The van der Waals surface area contributed by atoms with E-state index in [2.05, 4.69) is 21.9 Å². The highest BCUT2D eigenvalue weighted by molar-refractivity contribution is 7.80. The second-order valence-electron chi connectivity index (χ2n) is 2.78. The highest BCUT2D eigenvalue weighted by atomic mass is 32.1. The molecule has 5 nitrogen and oxygen atoms in total. The van der Waals surface area contributed by atoms with Gasteiger partial charge in [-0.1, -0.05) is 6.08 Å². The molecule has 0 aliphatic rings. The van der Waals surface area contributed by atoms with E-state index in [1.54, 1.807) is 30.6 Å². The Labute approximate surface area is 98.9 Å². The van der Waals surface area contributed by atoms with Gasteiger partial charge in [-0.05, 0) is 24.4 Å². The highest BCUT2D eigenvalue weighted by Gasteiger charge is 2.02. The Morgan fingerprint density at radius 1 is 1.56 bits per heavy atom. The third kappa shape index (κ3) is 3.76. The fourth-order valence-electron chi connectivity index (χ4n) is 0.964. The maximum atomic E-state index is 8.95. The van der Waals surface area contributed by atoms with Crippen LogP contribution < -0.4 is 10.8 Å². The lowest BCUT2D eigenvalue weighted by atomic mass is 10.2. The van der Waals surface area contributed by atoms with Crippen molar-refractivity contribution in [1.29, 1.82) is 0 Å². The summed E-state index contributed by atoms with van der Waals surface area (Å²) in [6, 6.07) is 3.41. The standard InChI is InChI=1S/C10H12N4OS/c1-2-5-12-10(16)13-9(14-15)8-3-6-11-7-4-8/h2-4,6-7,15H,1,5H2,(H2,12,13,14,16). The molecule has 0 aliphatic carbocycles. The molecule has 0 unspecified atom stereocenters. The first-order valence-corrected chi connectivity index (χ1v) is 4.96. The molecule has 84 valence electrons. The molecule has 16 heavy (non-hydrogen) atoms. The van der Waals surface area contributed by atoms with Crippen molar-refractivity contribution in [3.8, 4) is 0 Å². The topological polar surface area (TPSA) is 69.5 Å². The van der Waals surface area contributed by atoms with E-state index < -0.39 is 0 Å². The maximum absolute atomic E-state index is 8.95. The van der Waals surface area contributed by atoms with Gasteiger partial charge in [0.1, 0.15) is 0 Å². The zero-order chi connectivity index (χ0) is 11.8. The van der Waals surface area contributed by atoms with Crippen LogP contribution in [0.3, 0.4) is 0 Å². The van der Waals surface area contributed by atoms with Crippen LogP contribution in [0.25, 0.3) is 0 Å². The summed E-state index contributed by atoms with van der Waals surface area (Å²) in [5.74, 6) is 0.268. The van der Waals surface area contributed by atoms with Crippen LogP contribution in [-0.2, 0) is 0 Å². The van der Waals surface area contributed by atoms with Crippen molar-refractivity contribution in [2.24, 2.45) is 4.99 Å². The van der Waals surface area contributed by atoms with Gasteiger partial charge in [0.25, 0.3) is 0 Å². The molecule has 0 aliphatic heterocycles. The van der Waals surface area contributed by atoms with Crippen molar-refractivity contribution < 1.29 is 5.21 Å². The molecule has 1 aromatic heterocycles. The van der Waals surface area contributed by atoms with Crippen LogP contribution in [-0.4, -0.2) is 27.7 Å². The molecule has 0 saturated carbocycles. The third-order valence-electron chi connectivity index (χ3n) is 1.67. The fourth-order valence-corrected chi connectivity index (χ4v) is 1.14. The van der Waals surface area contributed by atoms with Gasteiger partial charge in [0.15, 0.2) is 10.9 Å². The fraction of sp³-hybridized carbons (Fsp3) is 0.100. The van der Waals surface area contributed by atoms with Crippen LogP contribution in [0.15, 0.2) is 42.2 Å². The summed E-state index contributed by atoms with van der Waals surface area (Å²) in [6.45, 7) is 4.07. The number of pyridine rings is 1. The number of hydroxylamine groups is 1. The van der Waals surface area contributed by atoms with Crippen LogP contribution >= 0.6 is 12.2 Å². The van der Waals surface area contributed by atoms with Gasteiger partial charge in [0.05, 0.1) is 0 Å². The van der Waals surface area contributed by atoms with E-state index >= 15 is 0 Å². The first-order valence-electron chi connectivity index (χ1n) is 4.56. The average molecular weight is 236 g/mol. The molecule has 0 radical (unpaired) electrons. The first kappa shape index (κ1) is 12.3. The average Bonchev–Trinajstić information content (AvgIpc) is 2.34. The number of nitrogens with zero attached hydrogens (tertiary/aromatic N) is 2. The normalized spacial score (nSPS) is 10.7. The number of rotatable bonds is 3. The van der Waals surface area contributed by atoms with Crippen LogP contribution in [0.1, 0.15) is 5.56 Å². The minimum absolute atomic E-state index is 0.268. The van der Waals surface area contributed by atoms with Crippen LogP contribution in [0.5, 0.6) is 0 Å². The van der Waals surface area contributed by atoms with Crippen LogP contribution in [0, 0.1) is 0 Å². The maximum Gasteiger partial charge on any atom is 0.195 e. The van der Waals surface area contributed by atoms with E-state index in [1.807, 2.05) is 5.48 Å². The molecule has 0 atom stereocenters. The van der Waals surface area contributed by atoms with Gasteiger partial charge < -0.3 is 5.32 Å². The van der Waals surface area contributed by atoms with Crippen molar-refractivity contribution in [3.63, 3.8) is 0 Å². The lowest BCUT2D eigenvalue weighted by Gasteiger charge is -2.05. The molecule has 0 bridgehead atoms. The van der Waals surface area contributed by atoms with Crippen molar-refractivity contribution in [2.45, 2.75) is 0 Å². The van der Waals surface area contributed by atoms with Gasteiger partial charge in [0.2, 0.25) is 0 Å². The Hall–Kier alpha value is -1.79. The van der Waals surface area contributed by atoms with E-state index in [1.165, 1.54) is 0 Å². The van der Waals surface area contributed by atoms with Crippen molar-refractivity contribution in [3.05, 3.63) is 42.7 Å². The molecular formula is C10H12N4OS. The minimum Gasteiger partial charge on any atom is -0.357 e. The summed E-state index contributed by atoms with van der Waals surface area (Å²) in [5.41, 5.74) is 2.69. The molecule has 1 aromatic rings. The van der Waals surface area contributed by atoms with Crippen molar-refractivity contribution in [1.82, 2.24) is 15.8 Å². The molecule has 0 spiro atoms. The van der Waals surface area contributed by atoms with Crippen LogP contribution in [0.4, 0.5) is 0 Å². The molecule has 3 N–H and O–H groups in total. The second kappa shape index (κ2) is 6.65. The molecular weight excluding hydrogens is 224 g/mol. The molecule has 0 fully saturated rings. The molecule has 1 rings (SSSR count). The van der Waals surface area contributed by atoms with Crippen LogP contribution in [0.2, 0.25) is 0 Å². The van der Waals surface area contributed by atoms with E-state index in [0.717, 1.165) is 0 Å². The van der Waals surface area contributed by atoms with Gasteiger partial charge in [-0.3, -0.25) is 15.7 Å². The van der Waals surface area contributed by atoms with Gasteiger partial charge in [-0.25, -0.2) is 4.99 Å². The molecule has 0 saturated heterocycles. The van der Waals surface area contributed by atoms with Gasteiger partial charge in [-0.15, -0.1) is 6.58 Å². The van der Waals surface area contributed by atoms with E-state index in [9.17, 15) is 0 Å². The number of thiocarbonyl (C=S) groups is 1. The van der Waals surface area contributed by atoms with E-state index in [4.69, 9.17) is 17.4 Å². The smallest absolute Gasteiger partial charge is 0.195 e. The first-order chi connectivity index (χ1) is 7.77. The summed E-state index contributed by atoms with van der Waals surface area (Å²) in [4.78, 5) is 7.87. The van der Waals surface area contributed by atoms with Gasteiger partial charge >= 0.3 is 0 Å². The molecule has 0 aromatic carbocycles. The van der Waals surface area contributed by atoms with E-state index in [0.29, 0.717) is 12.1 Å². The van der Waals surface area contributed by atoms with Crippen molar-refractivity contribution in [2.75, 3.05) is 6.54 Å². The lowest BCUT2D eigenvalue weighted by Crippen LogP contribution is -2.26. The quantitative estimate of drug-likeness (QED) is 0.239. The summed E-state index contributed by atoms with van der Waals surface area (Å²) >= 11 is 4.95. The Morgan fingerprint density at radius 2 is 2.25 bits per heavy atom. The summed E-state index contributed by atoms with van der Waals surface area (Å²) < 4.78 is 0. The Morgan fingerprint density at radius 3 is 2.81 bits per heavy atom. The van der Waals surface area contributed by atoms with Gasteiger partial charge in [0, 0.05) is 24.5 Å². The Bertz CT molecular complexity index is 391. The summed E-state index contributed by atoms with van der Waals surface area (Å²) in [7, 11) is 0. The Kier molecular flexibility index (Phi) is 5.10. The SMILES string of the molecule is C=CCNC(=S)/N=C(\NO)c1ccncc1. The largest absolute Gasteiger partial charge is 0.357 e. The molecule has 1 heterocycles. The lowest BCUT2D eigenvalue weighted by molar-refractivity contribution is 0.235. The van der Waals surface area contributed by atoms with E-state index in [-0.39, 0.29) is 10.9 Å².